The first-order valence-corrected chi connectivity index (χ1v) is 10.2. The van der Waals surface area contributed by atoms with E-state index >= 15 is 0 Å². The van der Waals surface area contributed by atoms with Crippen LogP contribution in [-0.2, 0) is 9.53 Å². The molecule has 2 aromatic rings. The lowest BCUT2D eigenvalue weighted by atomic mass is 10.0. The van der Waals surface area contributed by atoms with Crippen molar-refractivity contribution in [3.8, 4) is 17.4 Å². The summed E-state index contributed by atoms with van der Waals surface area (Å²) in [5, 5.41) is 9.38. The number of benzene rings is 1. The Morgan fingerprint density at radius 2 is 2.03 bits per heavy atom. The Hall–Kier alpha value is -3.13. The number of carboxylic acid groups (broad SMARTS) is 1. The lowest BCUT2D eigenvalue weighted by Gasteiger charge is -2.23. The molecule has 0 aliphatic carbocycles. The number of nitrogens with zero attached hydrogens (tertiary/aromatic N) is 1. The maximum atomic E-state index is 13.1. The Labute approximate surface area is 181 Å². The molecule has 1 aliphatic rings. The molecule has 1 saturated heterocycles. The molecule has 3 rings (SSSR count). The minimum Gasteiger partial charge on any atom is -0.497 e. The smallest absolute Gasteiger partial charge is 0.347 e. The third kappa shape index (κ3) is 5.73. The van der Waals surface area contributed by atoms with Gasteiger partial charge in [-0.15, -0.1) is 0 Å². The van der Waals surface area contributed by atoms with Crippen LogP contribution in [0.4, 0.5) is 0 Å². The third-order valence-electron chi connectivity index (χ3n) is 5.00. The van der Waals surface area contributed by atoms with Crippen molar-refractivity contribution in [2.24, 2.45) is 0 Å². The first kappa shape index (κ1) is 22.6. The van der Waals surface area contributed by atoms with Crippen LogP contribution in [0.2, 0.25) is 0 Å². The summed E-state index contributed by atoms with van der Waals surface area (Å²) in [5.41, 5.74) is -0.996. The molecule has 1 aromatic heterocycles. The van der Waals surface area contributed by atoms with Crippen LogP contribution in [0.3, 0.4) is 0 Å². The summed E-state index contributed by atoms with van der Waals surface area (Å²) in [5.74, 6) is -0.539. The summed E-state index contributed by atoms with van der Waals surface area (Å²) < 4.78 is 22.1. The van der Waals surface area contributed by atoms with Gasteiger partial charge in [0.1, 0.15) is 18.1 Å². The molecule has 1 fully saturated rings. The summed E-state index contributed by atoms with van der Waals surface area (Å²) >= 11 is 0. The first-order chi connectivity index (χ1) is 14.8. The van der Waals surface area contributed by atoms with Crippen molar-refractivity contribution in [2.75, 3.05) is 20.3 Å². The van der Waals surface area contributed by atoms with E-state index in [1.165, 1.54) is 33.2 Å². The van der Waals surface area contributed by atoms with E-state index in [0.29, 0.717) is 23.8 Å². The maximum Gasteiger partial charge on any atom is 0.347 e. The minimum absolute atomic E-state index is 0.0634. The molecule has 0 spiro atoms. The van der Waals surface area contributed by atoms with Crippen LogP contribution in [0.5, 0.6) is 17.4 Å². The van der Waals surface area contributed by atoms with E-state index in [4.69, 9.17) is 18.9 Å². The fraction of sp³-hybridized carbons (Fsp3) is 0.435. The number of aliphatic carboxylic acids is 1. The van der Waals surface area contributed by atoms with Crippen LogP contribution < -0.4 is 14.2 Å². The lowest BCUT2D eigenvalue weighted by molar-refractivity contribution is -0.152. The highest BCUT2D eigenvalue weighted by molar-refractivity contribution is 6.10. The Morgan fingerprint density at radius 3 is 2.65 bits per heavy atom. The predicted octanol–water partition coefficient (Wildman–Crippen LogP) is 3.51. The summed E-state index contributed by atoms with van der Waals surface area (Å²) in [6, 6.07) is 7.89. The van der Waals surface area contributed by atoms with Crippen LogP contribution in [0.25, 0.3) is 0 Å². The van der Waals surface area contributed by atoms with E-state index < -0.39 is 11.6 Å². The van der Waals surface area contributed by atoms with Crippen LogP contribution in [0.15, 0.2) is 36.5 Å². The quantitative estimate of drug-likeness (QED) is 0.604. The number of pyridine rings is 1. The van der Waals surface area contributed by atoms with Crippen molar-refractivity contribution in [3.05, 3.63) is 47.7 Å². The zero-order valence-electron chi connectivity index (χ0n) is 17.9. The Balaban J connectivity index is 1.76. The molecule has 1 unspecified atom stereocenters. The molecule has 1 atom stereocenters. The third-order valence-corrected chi connectivity index (χ3v) is 5.00. The second-order valence-electron chi connectivity index (χ2n) is 7.79. The molecular weight excluding hydrogens is 402 g/mol. The van der Waals surface area contributed by atoms with Gasteiger partial charge < -0.3 is 24.1 Å². The van der Waals surface area contributed by atoms with Crippen molar-refractivity contribution in [1.29, 1.82) is 0 Å². The van der Waals surface area contributed by atoms with Crippen molar-refractivity contribution in [3.63, 3.8) is 0 Å². The van der Waals surface area contributed by atoms with Gasteiger partial charge in [0.25, 0.3) is 0 Å². The van der Waals surface area contributed by atoms with E-state index in [-0.39, 0.29) is 23.2 Å². The van der Waals surface area contributed by atoms with Crippen LogP contribution >= 0.6 is 0 Å². The average Bonchev–Trinajstić information content (AvgIpc) is 2.78. The molecule has 0 radical (unpaired) electrons. The number of ether oxygens (including phenoxy) is 4. The van der Waals surface area contributed by atoms with Crippen molar-refractivity contribution >= 4 is 11.8 Å². The normalized spacial score (nSPS) is 16.4. The van der Waals surface area contributed by atoms with Crippen molar-refractivity contribution in [2.45, 2.75) is 44.8 Å². The fourth-order valence-corrected chi connectivity index (χ4v) is 3.09. The van der Waals surface area contributed by atoms with Gasteiger partial charge in [0.05, 0.1) is 18.8 Å². The zero-order chi connectivity index (χ0) is 22.4. The number of methoxy groups -OCH3 is 1. The van der Waals surface area contributed by atoms with Gasteiger partial charge in [-0.1, -0.05) is 0 Å². The first-order valence-electron chi connectivity index (χ1n) is 10.2. The molecule has 0 amide bonds. The van der Waals surface area contributed by atoms with Crippen LogP contribution in [0.1, 0.15) is 49.0 Å². The standard InChI is InChI=1S/C23H27NO7/c1-23(2,22(26)27)31-19-12-16(28-3)8-9-18(19)21(25)15-7-10-20(24-13-15)30-14-17-6-4-5-11-29-17/h7-10,12-13,17H,4-6,11,14H2,1-3H3,(H,26,27). The van der Waals surface area contributed by atoms with Crippen LogP contribution in [0, 0.1) is 0 Å². The number of hydrogen-bond donors (Lipinski definition) is 1. The Kier molecular flexibility index (Phi) is 7.12. The van der Waals surface area contributed by atoms with E-state index in [2.05, 4.69) is 4.98 Å². The van der Waals surface area contributed by atoms with Gasteiger partial charge in [0.15, 0.2) is 11.4 Å². The summed E-state index contributed by atoms with van der Waals surface area (Å²) in [6.07, 6.45) is 4.65. The van der Waals surface area contributed by atoms with E-state index in [1.807, 2.05) is 0 Å². The highest BCUT2D eigenvalue weighted by Crippen LogP contribution is 2.30. The predicted molar refractivity (Wildman–Crippen MR) is 112 cm³/mol. The second kappa shape index (κ2) is 9.78. The number of carbonyl (C=O) groups excluding carboxylic acids is 1. The van der Waals surface area contributed by atoms with Gasteiger partial charge >= 0.3 is 5.97 Å². The molecule has 2 heterocycles. The number of rotatable bonds is 9. The lowest BCUT2D eigenvalue weighted by Crippen LogP contribution is -2.38. The summed E-state index contributed by atoms with van der Waals surface area (Å²) in [4.78, 5) is 28.8. The van der Waals surface area contributed by atoms with Gasteiger partial charge in [0.2, 0.25) is 5.88 Å². The van der Waals surface area contributed by atoms with Gasteiger partial charge in [-0.2, -0.15) is 0 Å². The van der Waals surface area contributed by atoms with Crippen LogP contribution in [-0.4, -0.2) is 53.9 Å². The number of ketones is 1. The minimum atomic E-state index is -1.53. The highest BCUT2D eigenvalue weighted by Gasteiger charge is 2.31. The molecule has 8 heteroatoms. The van der Waals surface area contributed by atoms with Gasteiger partial charge in [-0.3, -0.25) is 4.79 Å². The van der Waals surface area contributed by atoms with E-state index in [0.717, 1.165) is 25.9 Å². The number of carboxylic acids is 1. The molecule has 1 aliphatic heterocycles. The summed E-state index contributed by atoms with van der Waals surface area (Å²) in [7, 11) is 1.48. The number of aromatic nitrogens is 1. The van der Waals surface area contributed by atoms with Gasteiger partial charge in [0, 0.05) is 30.5 Å². The molecule has 31 heavy (non-hydrogen) atoms. The Morgan fingerprint density at radius 1 is 1.23 bits per heavy atom. The average molecular weight is 429 g/mol. The molecule has 0 saturated carbocycles. The Bertz CT molecular complexity index is 918. The van der Waals surface area contributed by atoms with Gasteiger partial charge in [-0.25, -0.2) is 9.78 Å². The molecule has 1 N–H and O–H groups in total. The SMILES string of the molecule is COc1ccc(C(=O)c2ccc(OCC3CCCCO3)nc2)c(OC(C)(C)C(=O)O)c1. The molecule has 8 nitrogen and oxygen atoms in total. The topological polar surface area (TPSA) is 104 Å². The van der Waals surface area contributed by atoms with E-state index in [9.17, 15) is 14.7 Å². The molecular formula is C23H27NO7. The largest absolute Gasteiger partial charge is 0.497 e. The molecule has 0 bridgehead atoms. The van der Waals surface area contributed by atoms with Crippen molar-refractivity contribution in [1.82, 2.24) is 4.98 Å². The zero-order valence-corrected chi connectivity index (χ0v) is 17.9. The second-order valence-corrected chi connectivity index (χ2v) is 7.79. The van der Waals surface area contributed by atoms with Gasteiger partial charge in [-0.05, 0) is 51.3 Å². The number of hydrogen-bond acceptors (Lipinski definition) is 7. The maximum absolute atomic E-state index is 13.1. The molecule has 166 valence electrons. The van der Waals surface area contributed by atoms with E-state index in [1.54, 1.807) is 24.3 Å². The van der Waals surface area contributed by atoms with Crippen molar-refractivity contribution < 1.29 is 33.6 Å². The molecule has 1 aromatic carbocycles. The monoisotopic (exact) mass is 429 g/mol. The summed E-state index contributed by atoms with van der Waals surface area (Å²) in [6.45, 7) is 3.99. The highest BCUT2D eigenvalue weighted by atomic mass is 16.5. The fourth-order valence-electron chi connectivity index (χ4n) is 3.09. The number of carbonyl (C=O) groups is 2.